The lowest BCUT2D eigenvalue weighted by molar-refractivity contribution is -0.903. The van der Waals surface area contributed by atoms with Gasteiger partial charge in [0.25, 0.3) is 0 Å². The van der Waals surface area contributed by atoms with Gasteiger partial charge >= 0.3 is 5.97 Å². The largest absolute Gasteiger partial charge is 0.491 e. The summed E-state index contributed by atoms with van der Waals surface area (Å²) in [5, 5.41) is 0. The molecule has 4 nitrogen and oxygen atoms in total. The summed E-state index contributed by atoms with van der Waals surface area (Å²) >= 11 is 0. The van der Waals surface area contributed by atoms with E-state index in [4.69, 9.17) is 9.47 Å². The van der Waals surface area contributed by atoms with Crippen LogP contribution in [-0.4, -0.2) is 43.8 Å². The number of hydrogen-bond donors (Lipinski definition) is 0. The minimum atomic E-state index is -0.132. The van der Waals surface area contributed by atoms with Crippen molar-refractivity contribution in [2.45, 2.75) is 110 Å². The average molecular weight is 525 g/mol. The van der Waals surface area contributed by atoms with Gasteiger partial charge < -0.3 is 14.0 Å². The van der Waals surface area contributed by atoms with Crippen molar-refractivity contribution in [2.24, 2.45) is 0 Å². The third-order valence-corrected chi connectivity index (χ3v) is 7.24. The Kier molecular flexibility index (Phi) is 15.8. The summed E-state index contributed by atoms with van der Waals surface area (Å²) in [5.41, 5.74) is 2.66. The zero-order valence-corrected chi connectivity index (χ0v) is 24.8. The van der Waals surface area contributed by atoms with Crippen LogP contribution in [0.25, 0.3) is 0 Å². The molecule has 0 heterocycles. The number of nitrogens with zero attached hydrogens (tertiary/aromatic N) is 1. The van der Waals surface area contributed by atoms with Gasteiger partial charge in [-0.05, 0) is 37.5 Å². The molecule has 0 aliphatic rings. The van der Waals surface area contributed by atoms with Crippen molar-refractivity contribution >= 4 is 5.97 Å². The van der Waals surface area contributed by atoms with E-state index in [1.807, 2.05) is 13.0 Å². The third kappa shape index (κ3) is 15.2. The smallest absolute Gasteiger partial charge is 0.311 e. The van der Waals surface area contributed by atoms with E-state index in [2.05, 4.69) is 69.6 Å². The Bertz CT molecular complexity index is 863. The molecule has 38 heavy (non-hydrogen) atoms. The molecule has 0 aliphatic heterocycles. The molecule has 212 valence electrons. The Balaban J connectivity index is 1.52. The number of aryl methyl sites for hydroxylation is 1. The molecule has 1 unspecified atom stereocenters. The quantitative estimate of drug-likeness (QED) is 0.0932. The highest BCUT2D eigenvalue weighted by Gasteiger charge is 2.18. The van der Waals surface area contributed by atoms with E-state index in [9.17, 15) is 4.79 Å². The van der Waals surface area contributed by atoms with Gasteiger partial charge in [-0.25, -0.2) is 0 Å². The second-order valence-corrected chi connectivity index (χ2v) is 11.6. The van der Waals surface area contributed by atoms with Gasteiger partial charge in [0, 0.05) is 12.0 Å². The summed E-state index contributed by atoms with van der Waals surface area (Å²) in [6.45, 7) is 6.36. The maximum absolute atomic E-state index is 12.3. The van der Waals surface area contributed by atoms with E-state index in [-0.39, 0.29) is 12.1 Å². The first kappa shape index (κ1) is 31.9. The van der Waals surface area contributed by atoms with Crippen LogP contribution in [0.2, 0.25) is 0 Å². The maximum Gasteiger partial charge on any atom is 0.311 e. The monoisotopic (exact) mass is 524 g/mol. The van der Waals surface area contributed by atoms with Gasteiger partial charge in [-0.3, -0.25) is 4.79 Å². The first-order valence-corrected chi connectivity index (χ1v) is 15.1. The van der Waals surface area contributed by atoms with Crippen LogP contribution in [0.1, 0.15) is 102 Å². The van der Waals surface area contributed by atoms with Gasteiger partial charge in [0.2, 0.25) is 0 Å². The molecular weight excluding hydrogens is 470 g/mol. The molecule has 0 saturated heterocycles. The minimum Gasteiger partial charge on any atom is -0.491 e. The molecule has 0 aromatic heterocycles. The van der Waals surface area contributed by atoms with Crippen LogP contribution in [0.4, 0.5) is 0 Å². The Morgan fingerprint density at radius 2 is 1.39 bits per heavy atom. The fourth-order valence-electron chi connectivity index (χ4n) is 4.80. The molecular formula is C34H54NO3+. The van der Waals surface area contributed by atoms with Crippen LogP contribution < -0.4 is 4.74 Å². The van der Waals surface area contributed by atoms with Crippen LogP contribution in [0.5, 0.6) is 5.75 Å². The number of carbonyl (C=O) groups is 1. The summed E-state index contributed by atoms with van der Waals surface area (Å²) in [7, 11) is 4.30. The van der Waals surface area contributed by atoms with Crippen molar-refractivity contribution in [1.29, 1.82) is 0 Å². The first-order valence-electron chi connectivity index (χ1n) is 15.1. The summed E-state index contributed by atoms with van der Waals surface area (Å²) < 4.78 is 12.3. The van der Waals surface area contributed by atoms with Gasteiger partial charge in [-0.15, -0.1) is 0 Å². The number of esters is 1. The third-order valence-electron chi connectivity index (χ3n) is 7.24. The van der Waals surface area contributed by atoms with E-state index < -0.39 is 0 Å². The van der Waals surface area contributed by atoms with Crippen molar-refractivity contribution in [1.82, 2.24) is 0 Å². The molecule has 2 aromatic rings. The molecule has 1 atom stereocenters. The summed E-state index contributed by atoms with van der Waals surface area (Å²) in [6.07, 6.45) is 16.0. The highest BCUT2D eigenvalue weighted by Crippen LogP contribution is 2.18. The van der Waals surface area contributed by atoms with Crippen LogP contribution >= 0.6 is 0 Å². The Morgan fingerprint density at radius 1 is 0.789 bits per heavy atom. The maximum atomic E-state index is 12.3. The molecule has 4 heteroatoms. The number of hydrogen-bond acceptors (Lipinski definition) is 3. The van der Waals surface area contributed by atoms with Crippen molar-refractivity contribution < 1.29 is 18.8 Å². The van der Waals surface area contributed by atoms with Crippen molar-refractivity contribution in [3.63, 3.8) is 0 Å². The zero-order chi connectivity index (χ0) is 27.5. The fourth-order valence-corrected chi connectivity index (χ4v) is 4.80. The molecule has 0 saturated carbocycles. The van der Waals surface area contributed by atoms with E-state index in [1.165, 1.54) is 75.3 Å². The highest BCUT2D eigenvalue weighted by atomic mass is 16.5. The molecule has 2 rings (SSSR count). The Hall–Kier alpha value is -2.33. The number of carbonyl (C=O) groups excluding carboxylic acids is 1. The molecule has 2 aromatic carbocycles. The van der Waals surface area contributed by atoms with Gasteiger partial charge in [-0.1, -0.05) is 107 Å². The number of rotatable bonds is 21. The predicted octanol–water partition coefficient (Wildman–Crippen LogP) is 8.52. The summed E-state index contributed by atoms with van der Waals surface area (Å²) in [5.74, 6) is 0.753. The lowest BCUT2D eigenvalue weighted by Gasteiger charge is -2.29. The van der Waals surface area contributed by atoms with Crippen LogP contribution in [0, 0.1) is 0 Å². The van der Waals surface area contributed by atoms with Gasteiger partial charge in [0.05, 0.1) is 39.8 Å². The second kappa shape index (κ2) is 18.8. The number of quaternary nitrogens is 1. The lowest BCUT2D eigenvalue weighted by atomic mass is 10.0. The molecule has 0 bridgehead atoms. The minimum absolute atomic E-state index is 0.000857. The number of benzene rings is 2. The first-order chi connectivity index (χ1) is 18.4. The summed E-state index contributed by atoms with van der Waals surface area (Å²) in [4.78, 5) is 12.3. The molecule has 0 amide bonds. The van der Waals surface area contributed by atoms with E-state index in [0.717, 1.165) is 29.7 Å². The van der Waals surface area contributed by atoms with Crippen molar-refractivity contribution in [2.75, 3.05) is 27.2 Å². The predicted molar refractivity (Wildman–Crippen MR) is 159 cm³/mol. The van der Waals surface area contributed by atoms with Crippen LogP contribution in [0.15, 0.2) is 54.6 Å². The molecule has 0 radical (unpaired) electrons. The topological polar surface area (TPSA) is 35.5 Å². The molecule has 0 aliphatic carbocycles. The standard InChI is InChI=1S/C34H54NO3/c1-5-6-7-8-9-10-11-12-13-15-18-31-21-23-33(24-22-31)38-30(2)26-28-37-34(36)25-27-35(3,4)29-32-19-16-14-17-20-32/h14,16-17,19-24,30H,5-13,15,18,25-29H2,1-4H3/q+1. The number of ether oxygens (including phenoxy) is 2. The van der Waals surface area contributed by atoms with Gasteiger partial charge in [0.1, 0.15) is 12.3 Å². The van der Waals surface area contributed by atoms with Gasteiger partial charge in [-0.2, -0.15) is 0 Å². The normalized spacial score (nSPS) is 12.3. The summed E-state index contributed by atoms with van der Waals surface area (Å²) in [6, 6.07) is 18.9. The van der Waals surface area contributed by atoms with E-state index in [1.54, 1.807) is 0 Å². The average Bonchev–Trinajstić information content (AvgIpc) is 2.90. The fraction of sp³-hybridized carbons (Fsp3) is 0.618. The Labute approximate surface area is 233 Å². The molecule has 0 spiro atoms. The molecule has 0 N–H and O–H groups in total. The van der Waals surface area contributed by atoms with Crippen LogP contribution in [-0.2, 0) is 22.5 Å². The Morgan fingerprint density at radius 3 is 2.03 bits per heavy atom. The number of unbranched alkanes of at least 4 members (excludes halogenated alkanes) is 9. The van der Waals surface area contributed by atoms with Crippen LogP contribution in [0.3, 0.4) is 0 Å². The van der Waals surface area contributed by atoms with Crippen molar-refractivity contribution in [3.05, 3.63) is 65.7 Å². The van der Waals surface area contributed by atoms with Crippen molar-refractivity contribution in [3.8, 4) is 5.75 Å². The van der Waals surface area contributed by atoms with Gasteiger partial charge in [0.15, 0.2) is 0 Å². The lowest BCUT2D eigenvalue weighted by Crippen LogP contribution is -2.40. The SMILES string of the molecule is CCCCCCCCCCCCc1ccc(OC(C)CCOC(=O)CC[N+](C)(C)Cc2ccccc2)cc1. The van der Waals surface area contributed by atoms with E-state index >= 15 is 0 Å². The zero-order valence-electron chi connectivity index (χ0n) is 24.8. The second-order valence-electron chi connectivity index (χ2n) is 11.6. The highest BCUT2D eigenvalue weighted by molar-refractivity contribution is 5.69. The van der Waals surface area contributed by atoms with E-state index in [0.29, 0.717) is 19.4 Å². The molecule has 0 fully saturated rings.